The van der Waals surface area contributed by atoms with Crippen LogP contribution in [0.4, 0.5) is 0 Å². The molecule has 2 saturated carbocycles. The lowest BCUT2D eigenvalue weighted by Crippen LogP contribution is -2.63. The summed E-state index contributed by atoms with van der Waals surface area (Å²) in [6.07, 6.45) is 2.17. The summed E-state index contributed by atoms with van der Waals surface area (Å²) in [6.45, 7) is 11.1. The van der Waals surface area contributed by atoms with Crippen LogP contribution < -0.4 is 10.6 Å². The van der Waals surface area contributed by atoms with Gasteiger partial charge in [0.2, 0.25) is 23.6 Å². The second-order valence-electron chi connectivity index (χ2n) is 13.9. The van der Waals surface area contributed by atoms with Crippen molar-refractivity contribution < 1.29 is 38.2 Å². The van der Waals surface area contributed by atoms with Crippen LogP contribution in [-0.4, -0.2) is 60.3 Å². The van der Waals surface area contributed by atoms with E-state index in [4.69, 9.17) is 9.47 Å². The quantitative estimate of drug-likeness (QED) is 0.176. The molecule has 2 N–H and O–H groups in total. The van der Waals surface area contributed by atoms with E-state index in [0.29, 0.717) is 50.0 Å². The molecule has 2 heterocycles. The zero-order chi connectivity index (χ0) is 29.8. The van der Waals surface area contributed by atoms with Crippen molar-refractivity contribution in [3.8, 4) is 0 Å². The van der Waals surface area contributed by atoms with E-state index in [-0.39, 0.29) is 36.8 Å². The molecule has 2 unspecified atom stereocenters. The summed E-state index contributed by atoms with van der Waals surface area (Å²) in [7, 11) is 2.98. The highest BCUT2D eigenvalue weighted by molar-refractivity contribution is 8.76. The molecular weight excluding hydrogens is 556 g/mol. The Morgan fingerprint density at radius 3 is 1.12 bits per heavy atom. The normalized spacial score (nSPS) is 40.6. The first-order valence-electron chi connectivity index (χ1n) is 13.7. The molecule has 0 aromatic heterocycles. The smallest absolute Gasteiger partial charge is 0.311 e. The largest absolute Gasteiger partial charge is 0.464 e. The van der Waals surface area contributed by atoms with Gasteiger partial charge in [-0.2, -0.15) is 0 Å². The molecule has 4 bridgehead atoms. The van der Waals surface area contributed by atoms with Crippen LogP contribution in [0.25, 0.3) is 0 Å². The van der Waals surface area contributed by atoms with Crippen molar-refractivity contribution >= 4 is 57.2 Å². The van der Waals surface area contributed by atoms with Crippen molar-refractivity contribution in [2.75, 3.05) is 24.7 Å². The minimum Gasteiger partial charge on any atom is -0.464 e. The Labute approximate surface area is 243 Å². The average Bonchev–Trinajstić information content (AvgIpc) is 2.82. The maximum absolute atomic E-state index is 13.0. The van der Waals surface area contributed by atoms with E-state index in [0.717, 1.165) is 0 Å². The number of fused-ring (bicyclic) bond motifs is 4. The molecule has 40 heavy (non-hydrogen) atoms. The highest BCUT2D eigenvalue weighted by Crippen LogP contribution is 2.58. The van der Waals surface area contributed by atoms with Gasteiger partial charge in [0.05, 0.1) is 10.8 Å². The summed E-state index contributed by atoms with van der Waals surface area (Å²) in [5.41, 5.74) is -5.01. The first kappa shape index (κ1) is 30.9. The number of imide groups is 2. The molecule has 2 aliphatic heterocycles. The molecule has 0 aromatic rings. The minimum atomic E-state index is -0.922. The number of piperidine rings is 2. The van der Waals surface area contributed by atoms with Gasteiger partial charge < -0.3 is 9.47 Å². The third-order valence-electron chi connectivity index (χ3n) is 9.20. The van der Waals surface area contributed by atoms with Crippen molar-refractivity contribution in [1.82, 2.24) is 10.6 Å². The molecule has 0 spiro atoms. The predicted molar refractivity (Wildman–Crippen MR) is 149 cm³/mol. The third-order valence-corrected chi connectivity index (χ3v) is 11.5. The van der Waals surface area contributed by atoms with E-state index < -0.39 is 44.4 Å². The molecular formula is C28H40N2O8S2. The summed E-state index contributed by atoms with van der Waals surface area (Å²) in [5.74, 6) is -1.06. The zero-order valence-corrected chi connectivity index (χ0v) is 25.8. The van der Waals surface area contributed by atoms with E-state index in [9.17, 15) is 28.8 Å². The Hall–Kier alpha value is -2.08. The first-order valence-corrected chi connectivity index (χ1v) is 16.2. The number of carbonyl (C=O) groups excluding carboxylic acids is 6. The van der Waals surface area contributed by atoms with Crippen LogP contribution in [0.3, 0.4) is 0 Å². The summed E-state index contributed by atoms with van der Waals surface area (Å²) >= 11 is 0. The van der Waals surface area contributed by atoms with E-state index in [1.807, 2.05) is 0 Å². The number of amides is 4. The van der Waals surface area contributed by atoms with Crippen molar-refractivity contribution in [1.29, 1.82) is 0 Å². The molecule has 6 atom stereocenters. The van der Waals surface area contributed by atoms with Gasteiger partial charge in [-0.05, 0) is 52.4 Å². The van der Waals surface area contributed by atoms with Crippen LogP contribution >= 0.6 is 21.6 Å². The molecule has 4 rings (SSSR count). The lowest BCUT2D eigenvalue weighted by molar-refractivity contribution is -0.175. The third kappa shape index (κ3) is 5.54. The van der Waals surface area contributed by atoms with E-state index in [1.54, 1.807) is 41.5 Å². The second kappa shape index (κ2) is 10.3. The number of carbonyl (C=O) groups is 6. The molecule has 222 valence electrons. The van der Waals surface area contributed by atoms with Gasteiger partial charge >= 0.3 is 11.9 Å². The number of hydrogen-bond donors (Lipinski definition) is 2. The fourth-order valence-corrected chi connectivity index (χ4v) is 9.74. The van der Waals surface area contributed by atoms with Crippen molar-refractivity contribution in [3.05, 3.63) is 0 Å². The number of ether oxygens (including phenoxy) is 2. The van der Waals surface area contributed by atoms with E-state index >= 15 is 0 Å². The van der Waals surface area contributed by atoms with Gasteiger partial charge in [0.1, 0.15) is 13.2 Å². The Kier molecular flexibility index (Phi) is 7.97. The summed E-state index contributed by atoms with van der Waals surface area (Å²) < 4.78 is 11.1. The molecule has 2 saturated heterocycles. The number of rotatable bonds is 9. The number of esters is 2. The van der Waals surface area contributed by atoms with Crippen molar-refractivity contribution in [3.63, 3.8) is 0 Å². The lowest BCUT2D eigenvalue weighted by Gasteiger charge is -2.52. The zero-order valence-electron chi connectivity index (χ0n) is 24.2. The van der Waals surface area contributed by atoms with Gasteiger partial charge in [0.15, 0.2) is 0 Å². The van der Waals surface area contributed by atoms with Crippen LogP contribution in [0.2, 0.25) is 0 Å². The van der Waals surface area contributed by atoms with Crippen LogP contribution in [0.15, 0.2) is 0 Å². The topological polar surface area (TPSA) is 145 Å². The first-order chi connectivity index (χ1) is 18.4. The van der Waals surface area contributed by atoms with Gasteiger partial charge in [0, 0.05) is 33.2 Å². The van der Waals surface area contributed by atoms with Gasteiger partial charge in [-0.15, -0.1) is 0 Å². The Morgan fingerprint density at radius 1 is 0.575 bits per heavy atom. The molecule has 0 radical (unpaired) electrons. The molecule has 10 nitrogen and oxygen atoms in total. The fourth-order valence-electron chi connectivity index (χ4n) is 8.09. The maximum atomic E-state index is 13.0. The van der Waals surface area contributed by atoms with Crippen molar-refractivity contribution in [2.24, 2.45) is 32.5 Å². The summed E-state index contributed by atoms with van der Waals surface area (Å²) in [5, 5.41) is 4.92. The Balaban J connectivity index is 1.18. The average molecular weight is 597 g/mol. The van der Waals surface area contributed by atoms with Gasteiger partial charge in [0.25, 0.3) is 0 Å². The van der Waals surface area contributed by atoms with Crippen LogP contribution in [0, 0.1) is 32.5 Å². The monoisotopic (exact) mass is 596 g/mol. The molecule has 4 fully saturated rings. The Morgan fingerprint density at radius 2 is 0.850 bits per heavy atom. The van der Waals surface area contributed by atoms with E-state index in [2.05, 4.69) is 10.6 Å². The maximum Gasteiger partial charge on any atom is 0.311 e. The Bertz CT molecular complexity index is 1020. The molecule has 4 aliphatic rings. The van der Waals surface area contributed by atoms with Gasteiger partial charge in [-0.3, -0.25) is 39.4 Å². The molecule has 12 heteroatoms. The molecule has 2 aliphatic carbocycles. The predicted octanol–water partition coefficient (Wildman–Crippen LogP) is 3.17. The number of nitrogens with one attached hydrogen (secondary N) is 2. The minimum absolute atomic E-state index is 0.185. The second-order valence-corrected chi connectivity index (χ2v) is 16.6. The number of hydrogen-bond acceptors (Lipinski definition) is 10. The van der Waals surface area contributed by atoms with Crippen LogP contribution in [0.1, 0.15) is 80.1 Å². The molecule has 4 amide bonds. The highest BCUT2D eigenvalue weighted by Gasteiger charge is 2.62. The molecule has 0 aromatic carbocycles. The SMILES string of the molecule is CC1(C(=O)OCCSSCCOC(=O)C2(C)C[C@@]3(C)C[C@@](C)(C2)C(=O)NC3=O)C[C@@]2(C)C[C@@](C)(C1)C(=O)NC2=O. The fraction of sp³-hybridized carbons (Fsp3) is 0.786. The summed E-state index contributed by atoms with van der Waals surface area (Å²) in [4.78, 5) is 75.9. The van der Waals surface area contributed by atoms with Crippen LogP contribution in [-0.2, 0) is 38.2 Å². The standard InChI is InChI=1S/C28H40N2O8S2/c1-23-11-24(2,18(32)29-17(23)31)14-27(5,13-23)21(35)37-7-9-39-40-10-8-38-22(36)28(6)15-25(3)12-26(4,16-28)20(34)30-19(25)33/h7-16H2,1-6H3,(H,29,31,32)(H,30,33,34)/t23-,24+,25-,26+,27?,28?. The lowest BCUT2D eigenvalue weighted by atomic mass is 9.52. The van der Waals surface area contributed by atoms with Crippen molar-refractivity contribution in [2.45, 2.75) is 80.1 Å². The highest BCUT2D eigenvalue weighted by atomic mass is 33.1. The van der Waals surface area contributed by atoms with Gasteiger partial charge in [-0.25, -0.2) is 0 Å². The summed E-state index contributed by atoms with van der Waals surface area (Å²) in [6, 6.07) is 0. The van der Waals surface area contributed by atoms with Gasteiger partial charge in [-0.1, -0.05) is 49.3 Å². The van der Waals surface area contributed by atoms with E-state index in [1.165, 1.54) is 21.6 Å². The van der Waals surface area contributed by atoms with Crippen LogP contribution in [0.5, 0.6) is 0 Å².